The van der Waals surface area contributed by atoms with Gasteiger partial charge in [0.05, 0.1) is 5.56 Å². The summed E-state index contributed by atoms with van der Waals surface area (Å²) in [7, 11) is 0. The number of aryl methyl sites for hydroxylation is 1. The first kappa shape index (κ1) is 16.2. The van der Waals surface area contributed by atoms with E-state index in [9.17, 15) is 9.59 Å². The number of carboxylic acid groups (broad SMARTS) is 1. The summed E-state index contributed by atoms with van der Waals surface area (Å²) in [6, 6.07) is 4.85. The van der Waals surface area contributed by atoms with Crippen LogP contribution in [0.25, 0.3) is 0 Å². The highest BCUT2D eigenvalue weighted by Crippen LogP contribution is 2.15. The zero-order valence-corrected chi connectivity index (χ0v) is 12.8. The summed E-state index contributed by atoms with van der Waals surface area (Å²) in [5.41, 5.74) is 1.37. The molecule has 0 unspecified atom stereocenters. The average Bonchev–Trinajstić information content (AvgIpc) is 2.33. The van der Waals surface area contributed by atoms with Gasteiger partial charge in [0.15, 0.2) is 0 Å². The summed E-state index contributed by atoms with van der Waals surface area (Å²) in [6.45, 7) is 10.5. The highest BCUT2D eigenvalue weighted by Gasteiger charge is 2.21. The van der Waals surface area contributed by atoms with Crippen LogP contribution in [0.15, 0.2) is 18.2 Å². The molecule has 0 heterocycles. The Kier molecular flexibility index (Phi) is 5.31. The van der Waals surface area contributed by atoms with Gasteiger partial charge in [0.2, 0.25) is 0 Å². The molecule has 0 fully saturated rings. The number of carboxylic acids is 1. The van der Waals surface area contributed by atoms with Crippen molar-refractivity contribution in [3.05, 3.63) is 34.9 Å². The summed E-state index contributed by atoms with van der Waals surface area (Å²) >= 11 is 0. The molecule has 1 N–H and O–H groups in total. The maximum Gasteiger partial charge on any atom is 0.335 e. The van der Waals surface area contributed by atoms with Gasteiger partial charge in [-0.15, -0.1) is 0 Å². The molecule has 110 valence electrons. The van der Waals surface area contributed by atoms with Crippen LogP contribution in [0.5, 0.6) is 0 Å². The Bertz CT molecular complexity index is 506. The molecule has 0 aliphatic carbocycles. The van der Waals surface area contributed by atoms with E-state index < -0.39 is 5.97 Å². The van der Waals surface area contributed by atoms with Crippen LogP contribution < -0.4 is 0 Å². The van der Waals surface area contributed by atoms with Crippen LogP contribution in [0.2, 0.25) is 0 Å². The molecule has 0 radical (unpaired) electrons. The van der Waals surface area contributed by atoms with E-state index in [0.717, 1.165) is 5.56 Å². The van der Waals surface area contributed by atoms with Gasteiger partial charge in [-0.1, -0.05) is 13.8 Å². The highest BCUT2D eigenvalue weighted by atomic mass is 16.4. The third kappa shape index (κ3) is 4.08. The minimum atomic E-state index is -1.01. The van der Waals surface area contributed by atoms with E-state index in [0.29, 0.717) is 18.0 Å². The zero-order chi connectivity index (χ0) is 15.4. The summed E-state index contributed by atoms with van der Waals surface area (Å²) in [6.07, 6.45) is 0. The first-order valence-corrected chi connectivity index (χ1v) is 6.88. The average molecular weight is 277 g/mol. The molecule has 0 saturated carbocycles. The second kappa shape index (κ2) is 6.55. The minimum Gasteiger partial charge on any atom is -0.478 e. The molecule has 0 spiro atoms. The number of hydrogen-bond acceptors (Lipinski definition) is 2. The second-order valence-electron chi connectivity index (χ2n) is 5.84. The molecule has 0 aliphatic heterocycles. The maximum absolute atomic E-state index is 12.6. The Hall–Kier alpha value is -1.84. The SMILES string of the molecule is Cc1cc(C(=O)O)cc(C(=O)N(CC(C)C)C(C)C)c1. The molecule has 1 aromatic rings. The topological polar surface area (TPSA) is 57.6 Å². The first-order valence-electron chi connectivity index (χ1n) is 6.88. The zero-order valence-electron chi connectivity index (χ0n) is 12.8. The lowest BCUT2D eigenvalue weighted by atomic mass is 10.0. The van der Waals surface area contributed by atoms with Crippen LogP contribution in [0.4, 0.5) is 0 Å². The number of hydrogen-bond donors (Lipinski definition) is 1. The number of carbonyl (C=O) groups is 2. The Morgan fingerprint density at radius 1 is 1.10 bits per heavy atom. The van der Waals surface area contributed by atoms with E-state index in [-0.39, 0.29) is 17.5 Å². The van der Waals surface area contributed by atoms with Crippen molar-refractivity contribution in [1.29, 1.82) is 0 Å². The fourth-order valence-corrected chi connectivity index (χ4v) is 2.12. The summed E-state index contributed by atoms with van der Waals surface area (Å²) < 4.78 is 0. The van der Waals surface area contributed by atoms with Gasteiger partial charge in [0, 0.05) is 18.2 Å². The third-order valence-electron chi connectivity index (χ3n) is 3.02. The lowest BCUT2D eigenvalue weighted by molar-refractivity contribution is 0.0682. The molecule has 0 aromatic heterocycles. The normalized spacial score (nSPS) is 10.9. The van der Waals surface area contributed by atoms with Crippen LogP contribution in [0.1, 0.15) is 54.0 Å². The van der Waals surface area contributed by atoms with Crippen LogP contribution in [-0.2, 0) is 0 Å². The molecular formula is C16H23NO3. The van der Waals surface area contributed by atoms with Crippen molar-refractivity contribution in [3.8, 4) is 0 Å². The predicted octanol–water partition coefficient (Wildman–Crippen LogP) is 3.20. The summed E-state index contributed by atoms with van der Waals surface area (Å²) in [5.74, 6) is -0.757. The van der Waals surface area contributed by atoms with Crippen molar-refractivity contribution in [1.82, 2.24) is 4.90 Å². The van der Waals surface area contributed by atoms with Crippen molar-refractivity contribution in [2.45, 2.75) is 40.7 Å². The molecule has 1 amide bonds. The van der Waals surface area contributed by atoms with Crippen LogP contribution in [0.3, 0.4) is 0 Å². The van der Waals surface area contributed by atoms with Gasteiger partial charge >= 0.3 is 5.97 Å². The standard InChI is InChI=1S/C16H23NO3/c1-10(2)9-17(11(3)4)15(18)13-6-12(5)7-14(8-13)16(19)20/h6-8,10-11H,9H2,1-5H3,(H,19,20). The number of nitrogens with zero attached hydrogens (tertiary/aromatic N) is 1. The van der Waals surface area contributed by atoms with E-state index in [1.165, 1.54) is 6.07 Å². The van der Waals surface area contributed by atoms with Crippen molar-refractivity contribution in [3.63, 3.8) is 0 Å². The maximum atomic E-state index is 12.6. The lowest BCUT2D eigenvalue weighted by Gasteiger charge is -2.28. The molecule has 1 aromatic carbocycles. The molecule has 0 atom stereocenters. The largest absolute Gasteiger partial charge is 0.478 e. The molecular weight excluding hydrogens is 254 g/mol. The van der Waals surface area contributed by atoms with Gasteiger partial charge in [0.25, 0.3) is 5.91 Å². The van der Waals surface area contributed by atoms with Gasteiger partial charge < -0.3 is 10.0 Å². The molecule has 0 bridgehead atoms. The molecule has 0 aliphatic rings. The van der Waals surface area contributed by atoms with E-state index >= 15 is 0 Å². The molecule has 4 heteroatoms. The van der Waals surface area contributed by atoms with Crippen molar-refractivity contribution in [2.75, 3.05) is 6.54 Å². The fourth-order valence-electron chi connectivity index (χ4n) is 2.12. The molecule has 0 saturated heterocycles. The number of carbonyl (C=O) groups excluding carboxylic acids is 1. The first-order chi connectivity index (χ1) is 9.22. The van der Waals surface area contributed by atoms with Gasteiger partial charge in [-0.25, -0.2) is 4.79 Å². The van der Waals surface area contributed by atoms with Crippen molar-refractivity contribution in [2.24, 2.45) is 5.92 Å². The second-order valence-corrected chi connectivity index (χ2v) is 5.84. The predicted molar refractivity (Wildman–Crippen MR) is 79.1 cm³/mol. The number of amides is 1. The Morgan fingerprint density at radius 3 is 2.10 bits per heavy atom. The molecule has 4 nitrogen and oxygen atoms in total. The minimum absolute atomic E-state index is 0.0821. The molecule has 20 heavy (non-hydrogen) atoms. The van der Waals surface area contributed by atoms with E-state index in [2.05, 4.69) is 13.8 Å². The Balaban J connectivity index is 3.14. The van der Waals surface area contributed by atoms with Gasteiger partial charge in [-0.05, 0) is 50.5 Å². The van der Waals surface area contributed by atoms with E-state index in [1.54, 1.807) is 24.0 Å². The molecule has 1 rings (SSSR count). The van der Waals surface area contributed by atoms with Crippen LogP contribution in [0, 0.1) is 12.8 Å². The smallest absolute Gasteiger partial charge is 0.335 e. The van der Waals surface area contributed by atoms with Crippen molar-refractivity contribution >= 4 is 11.9 Å². The number of benzene rings is 1. The number of aromatic carboxylic acids is 1. The lowest BCUT2D eigenvalue weighted by Crippen LogP contribution is -2.39. The third-order valence-corrected chi connectivity index (χ3v) is 3.02. The van der Waals surface area contributed by atoms with E-state index in [4.69, 9.17) is 5.11 Å². The van der Waals surface area contributed by atoms with Gasteiger partial charge in [-0.2, -0.15) is 0 Å². The fraction of sp³-hybridized carbons (Fsp3) is 0.500. The van der Waals surface area contributed by atoms with Crippen molar-refractivity contribution < 1.29 is 14.7 Å². The Morgan fingerprint density at radius 2 is 1.65 bits per heavy atom. The monoisotopic (exact) mass is 277 g/mol. The van der Waals surface area contributed by atoms with Gasteiger partial charge in [-0.3, -0.25) is 4.79 Å². The van der Waals surface area contributed by atoms with Gasteiger partial charge in [0.1, 0.15) is 0 Å². The Labute approximate surface area is 120 Å². The van der Waals surface area contributed by atoms with Crippen LogP contribution >= 0.6 is 0 Å². The van der Waals surface area contributed by atoms with Crippen LogP contribution in [-0.4, -0.2) is 34.5 Å². The number of rotatable bonds is 5. The quantitative estimate of drug-likeness (QED) is 0.899. The summed E-state index contributed by atoms with van der Waals surface area (Å²) in [5, 5.41) is 9.08. The summed E-state index contributed by atoms with van der Waals surface area (Å²) in [4.78, 5) is 25.4. The van der Waals surface area contributed by atoms with E-state index in [1.807, 2.05) is 13.8 Å². The highest BCUT2D eigenvalue weighted by molar-refractivity contribution is 5.98.